The van der Waals surface area contributed by atoms with Crippen LogP contribution in [0.2, 0.25) is 0 Å². The summed E-state index contributed by atoms with van der Waals surface area (Å²) in [6.45, 7) is 7.77. The molecule has 31 heavy (non-hydrogen) atoms. The molecule has 0 radical (unpaired) electrons. The number of carbonyl (C=O) groups excluding carboxylic acids is 3. The van der Waals surface area contributed by atoms with E-state index >= 15 is 0 Å². The quantitative estimate of drug-likeness (QED) is 0.564. The Morgan fingerprint density at radius 1 is 1.16 bits per heavy atom. The minimum Gasteiger partial charge on any atom is -0.351 e. The number of hydrogen-bond acceptors (Lipinski definition) is 6. The van der Waals surface area contributed by atoms with E-state index in [0.717, 1.165) is 21.2 Å². The Balaban J connectivity index is 1.94. The molecule has 0 aliphatic rings. The lowest BCUT2D eigenvalue weighted by Gasteiger charge is -2.20. The third-order valence-corrected chi connectivity index (χ3v) is 5.24. The highest BCUT2D eigenvalue weighted by molar-refractivity contribution is 7.19. The van der Waals surface area contributed by atoms with Crippen LogP contribution in [0.3, 0.4) is 0 Å². The predicted octanol–water partition coefficient (Wildman–Crippen LogP) is 3.18. The number of nitrogens with one attached hydrogen (secondary N) is 3. The number of anilines is 1. The predicted molar refractivity (Wildman–Crippen MR) is 121 cm³/mol. The smallest absolute Gasteiger partial charge is 0.321 e. The Bertz CT molecular complexity index is 934. The van der Waals surface area contributed by atoms with Crippen molar-refractivity contribution in [1.82, 2.24) is 20.7 Å². The number of aromatic nitrogens is 1. The first-order valence-corrected chi connectivity index (χ1v) is 10.6. The highest BCUT2D eigenvalue weighted by Crippen LogP contribution is 2.32. The average molecular weight is 448 g/mol. The van der Waals surface area contributed by atoms with Gasteiger partial charge in [0.2, 0.25) is 5.91 Å². The summed E-state index contributed by atoms with van der Waals surface area (Å²) in [6.07, 6.45) is 0.191. The normalized spacial score (nSPS) is 11.0. The number of urea groups is 1. The standard InChI is InChI=1S/C21H29N5O4S/c1-13-17(14-7-9-15(10-8-14)18(28)26(5)30-6)31-20(23-13)24-19(29)22-12-11-16(27)25-21(2,3)4/h7-10H,11-12H2,1-6H3,(H,25,27)(H2,22,23,24,29). The maximum absolute atomic E-state index is 12.1. The Hall–Kier alpha value is -2.98. The van der Waals surface area contributed by atoms with Crippen LogP contribution in [0, 0.1) is 6.92 Å². The molecule has 10 heteroatoms. The van der Waals surface area contributed by atoms with Crippen LogP contribution in [-0.2, 0) is 9.63 Å². The van der Waals surface area contributed by atoms with Gasteiger partial charge in [-0.2, -0.15) is 0 Å². The molecule has 0 aliphatic heterocycles. The van der Waals surface area contributed by atoms with E-state index in [0.29, 0.717) is 10.7 Å². The number of benzene rings is 1. The second kappa shape index (κ2) is 10.4. The summed E-state index contributed by atoms with van der Waals surface area (Å²) < 4.78 is 0. The lowest BCUT2D eigenvalue weighted by Crippen LogP contribution is -2.42. The van der Waals surface area contributed by atoms with E-state index in [9.17, 15) is 14.4 Å². The molecule has 0 saturated carbocycles. The van der Waals surface area contributed by atoms with Crippen LogP contribution in [0.1, 0.15) is 43.2 Å². The summed E-state index contributed by atoms with van der Waals surface area (Å²) in [4.78, 5) is 46.2. The van der Waals surface area contributed by atoms with Gasteiger partial charge in [-0.05, 0) is 45.4 Å². The molecule has 0 aliphatic carbocycles. The second-order valence-corrected chi connectivity index (χ2v) is 8.92. The summed E-state index contributed by atoms with van der Waals surface area (Å²) in [5.41, 5.74) is 1.85. The van der Waals surface area contributed by atoms with Gasteiger partial charge in [0.15, 0.2) is 5.13 Å². The maximum Gasteiger partial charge on any atom is 0.321 e. The monoisotopic (exact) mass is 447 g/mol. The van der Waals surface area contributed by atoms with Crippen molar-refractivity contribution in [1.29, 1.82) is 0 Å². The highest BCUT2D eigenvalue weighted by Gasteiger charge is 2.16. The molecule has 168 valence electrons. The van der Waals surface area contributed by atoms with Crippen molar-refractivity contribution in [3.05, 3.63) is 35.5 Å². The van der Waals surface area contributed by atoms with E-state index in [1.165, 1.54) is 18.4 Å². The van der Waals surface area contributed by atoms with Gasteiger partial charge in [-0.3, -0.25) is 19.7 Å². The molecule has 2 aromatic rings. The van der Waals surface area contributed by atoms with E-state index in [1.807, 2.05) is 39.8 Å². The molecule has 0 fully saturated rings. The molecule has 0 saturated heterocycles. The molecule has 1 aromatic heterocycles. The zero-order valence-electron chi connectivity index (χ0n) is 18.7. The lowest BCUT2D eigenvalue weighted by molar-refractivity contribution is -0.122. The van der Waals surface area contributed by atoms with Gasteiger partial charge in [0.05, 0.1) is 17.7 Å². The van der Waals surface area contributed by atoms with Gasteiger partial charge in [-0.25, -0.2) is 14.8 Å². The Morgan fingerprint density at radius 2 is 1.81 bits per heavy atom. The van der Waals surface area contributed by atoms with Crippen LogP contribution in [0.15, 0.2) is 24.3 Å². The fourth-order valence-electron chi connectivity index (χ4n) is 2.66. The number of nitrogens with zero attached hydrogens (tertiary/aromatic N) is 2. The lowest BCUT2D eigenvalue weighted by atomic mass is 10.1. The number of aryl methyl sites for hydroxylation is 1. The number of rotatable bonds is 7. The molecule has 1 heterocycles. The van der Waals surface area contributed by atoms with Gasteiger partial charge >= 0.3 is 6.03 Å². The molecular weight excluding hydrogens is 418 g/mol. The molecule has 1 aromatic carbocycles. The van der Waals surface area contributed by atoms with Crippen molar-refractivity contribution in [3.8, 4) is 10.4 Å². The molecule has 4 amide bonds. The fraction of sp³-hybridized carbons (Fsp3) is 0.429. The molecule has 0 atom stereocenters. The number of amides is 4. The Morgan fingerprint density at radius 3 is 2.39 bits per heavy atom. The van der Waals surface area contributed by atoms with Crippen molar-refractivity contribution in [3.63, 3.8) is 0 Å². The zero-order valence-corrected chi connectivity index (χ0v) is 19.5. The molecule has 9 nitrogen and oxygen atoms in total. The minimum absolute atomic E-state index is 0.126. The average Bonchev–Trinajstić information content (AvgIpc) is 3.05. The summed E-state index contributed by atoms with van der Waals surface area (Å²) >= 11 is 1.33. The molecule has 0 unspecified atom stereocenters. The molecule has 2 rings (SSSR count). The van der Waals surface area contributed by atoms with Crippen molar-refractivity contribution in [2.24, 2.45) is 0 Å². The summed E-state index contributed by atoms with van der Waals surface area (Å²) in [5, 5.41) is 9.79. The van der Waals surface area contributed by atoms with Crippen molar-refractivity contribution in [2.45, 2.75) is 39.7 Å². The van der Waals surface area contributed by atoms with Gasteiger partial charge in [-0.15, -0.1) is 0 Å². The van der Waals surface area contributed by atoms with Crippen molar-refractivity contribution < 1.29 is 19.2 Å². The molecule has 3 N–H and O–H groups in total. The second-order valence-electron chi connectivity index (χ2n) is 7.93. The zero-order chi connectivity index (χ0) is 23.2. The van der Waals surface area contributed by atoms with Crippen LogP contribution in [0.4, 0.5) is 9.93 Å². The first-order chi connectivity index (χ1) is 14.5. The van der Waals surface area contributed by atoms with Gasteiger partial charge in [0.1, 0.15) is 0 Å². The van der Waals surface area contributed by atoms with E-state index in [-0.39, 0.29) is 30.3 Å². The van der Waals surface area contributed by atoms with E-state index < -0.39 is 6.03 Å². The van der Waals surface area contributed by atoms with Crippen LogP contribution >= 0.6 is 11.3 Å². The van der Waals surface area contributed by atoms with Crippen molar-refractivity contribution in [2.75, 3.05) is 26.0 Å². The van der Waals surface area contributed by atoms with Gasteiger partial charge in [0.25, 0.3) is 5.91 Å². The third-order valence-electron chi connectivity index (χ3n) is 4.12. The molecule has 0 bridgehead atoms. The summed E-state index contributed by atoms with van der Waals surface area (Å²) in [6, 6.07) is 6.67. The molecule has 0 spiro atoms. The number of carbonyl (C=O) groups is 3. The van der Waals surface area contributed by atoms with Crippen molar-refractivity contribution >= 4 is 34.3 Å². The number of hydrogen-bond donors (Lipinski definition) is 3. The third kappa shape index (κ3) is 7.34. The molecular formula is C21H29N5O4S. The first-order valence-electron chi connectivity index (χ1n) is 9.76. The van der Waals surface area contributed by atoms with E-state index in [1.54, 1.807) is 19.2 Å². The van der Waals surface area contributed by atoms with E-state index in [2.05, 4.69) is 20.9 Å². The van der Waals surface area contributed by atoms with Crippen LogP contribution in [-0.4, -0.2) is 54.1 Å². The number of hydroxylamine groups is 2. The number of thiazole rings is 1. The van der Waals surface area contributed by atoms with Crippen LogP contribution < -0.4 is 16.0 Å². The van der Waals surface area contributed by atoms with Crippen LogP contribution in [0.5, 0.6) is 0 Å². The minimum atomic E-state index is -0.424. The SMILES string of the molecule is CON(C)C(=O)c1ccc(-c2sc(NC(=O)NCCC(=O)NC(C)(C)C)nc2C)cc1. The summed E-state index contributed by atoms with van der Waals surface area (Å²) in [7, 11) is 2.97. The van der Waals surface area contributed by atoms with Gasteiger partial charge in [0, 0.05) is 31.1 Å². The van der Waals surface area contributed by atoms with Gasteiger partial charge in [-0.1, -0.05) is 23.5 Å². The first kappa shape index (κ1) is 24.3. The maximum atomic E-state index is 12.1. The topological polar surface area (TPSA) is 113 Å². The Labute approximate surface area is 186 Å². The van der Waals surface area contributed by atoms with Crippen LogP contribution in [0.25, 0.3) is 10.4 Å². The summed E-state index contributed by atoms with van der Waals surface area (Å²) in [5.74, 6) is -0.371. The van der Waals surface area contributed by atoms with Gasteiger partial charge < -0.3 is 10.6 Å². The fourth-order valence-corrected chi connectivity index (χ4v) is 3.63. The van der Waals surface area contributed by atoms with E-state index in [4.69, 9.17) is 4.84 Å². The Kier molecular flexibility index (Phi) is 8.12. The highest BCUT2D eigenvalue weighted by atomic mass is 32.1. The largest absolute Gasteiger partial charge is 0.351 e.